The van der Waals surface area contributed by atoms with E-state index in [1.807, 2.05) is 24.1 Å². The largest absolute Gasteiger partial charge is 0.361 e. The number of nitrogens with zero attached hydrogens (tertiary/aromatic N) is 2. The van der Waals surface area contributed by atoms with E-state index in [9.17, 15) is 4.39 Å². The smallest absolute Gasteiger partial charge is 0.139 e. The molecule has 0 atom stereocenters. The number of allylic oxidation sites excluding steroid dienone is 2. The molecule has 0 saturated heterocycles. The van der Waals surface area contributed by atoms with Gasteiger partial charge in [0.15, 0.2) is 0 Å². The van der Waals surface area contributed by atoms with E-state index in [1.54, 1.807) is 12.3 Å². The third-order valence-electron chi connectivity index (χ3n) is 2.62. The van der Waals surface area contributed by atoms with E-state index in [2.05, 4.69) is 11.6 Å². The summed E-state index contributed by atoms with van der Waals surface area (Å²) in [6.45, 7) is 6.61. The molecule has 0 aliphatic carbocycles. The van der Waals surface area contributed by atoms with E-state index in [1.165, 1.54) is 5.56 Å². The van der Waals surface area contributed by atoms with E-state index in [0.717, 1.165) is 12.1 Å². The average Bonchev–Trinajstić information content (AvgIpc) is 2.61. The van der Waals surface area contributed by atoms with Crippen LogP contribution in [0.3, 0.4) is 0 Å². The molecule has 0 radical (unpaired) electrons. The van der Waals surface area contributed by atoms with Gasteiger partial charge in [-0.05, 0) is 24.1 Å². The van der Waals surface area contributed by atoms with Crippen molar-refractivity contribution in [3.63, 3.8) is 0 Å². The van der Waals surface area contributed by atoms with Gasteiger partial charge >= 0.3 is 0 Å². The zero-order valence-electron chi connectivity index (χ0n) is 8.70. The van der Waals surface area contributed by atoms with Crippen molar-refractivity contribution in [3.8, 4) is 0 Å². The molecule has 0 saturated carbocycles. The molecule has 0 bridgehead atoms. The molecule has 2 rings (SSSR count). The lowest BCUT2D eigenvalue weighted by atomic mass is 10.2. The summed E-state index contributed by atoms with van der Waals surface area (Å²) in [7, 11) is 0. The van der Waals surface area contributed by atoms with E-state index in [0.29, 0.717) is 12.2 Å². The van der Waals surface area contributed by atoms with Gasteiger partial charge in [0.05, 0.1) is 5.70 Å². The Balaban J connectivity index is 2.23. The third-order valence-corrected chi connectivity index (χ3v) is 2.62. The monoisotopic (exact) mass is 204 g/mol. The minimum Gasteiger partial charge on any atom is -0.361 e. The Labute approximate surface area is 88.7 Å². The summed E-state index contributed by atoms with van der Waals surface area (Å²) >= 11 is 0. The highest BCUT2D eigenvalue weighted by atomic mass is 19.1. The van der Waals surface area contributed by atoms with Crippen LogP contribution in [-0.4, -0.2) is 9.88 Å². The second-order valence-electron chi connectivity index (χ2n) is 3.58. The van der Waals surface area contributed by atoms with Gasteiger partial charge in [0, 0.05) is 25.5 Å². The number of pyridine rings is 1. The summed E-state index contributed by atoms with van der Waals surface area (Å²) in [5.74, 6) is -0.377. The quantitative estimate of drug-likeness (QED) is 0.688. The van der Waals surface area contributed by atoms with Crippen molar-refractivity contribution in [2.75, 3.05) is 0 Å². The van der Waals surface area contributed by atoms with Crippen LogP contribution in [0.2, 0.25) is 0 Å². The van der Waals surface area contributed by atoms with Crippen LogP contribution in [0.4, 0.5) is 4.39 Å². The first-order valence-electron chi connectivity index (χ1n) is 4.90. The maximum atomic E-state index is 13.1. The van der Waals surface area contributed by atoms with Gasteiger partial charge in [0.1, 0.15) is 5.83 Å². The van der Waals surface area contributed by atoms with Crippen molar-refractivity contribution in [1.82, 2.24) is 9.88 Å². The molecule has 3 heteroatoms. The molecule has 0 amide bonds. The lowest BCUT2D eigenvalue weighted by molar-refractivity contribution is 0.351. The van der Waals surface area contributed by atoms with E-state index in [-0.39, 0.29) is 5.83 Å². The normalized spacial score (nSPS) is 15.3. The fourth-order valence-corrected chi connectivity index (χ4v) is 1.90. The van der Waals surface area contributed by atoms with E-state index < -0.39 is 0 Å². The standard InChI is InChI=1S/C12H13FN2/c1-3-12(9(2)13)15-7-10-4-5-14-6-11(10)8-15/h3-6H,2,7-8H2,1H3/b12-3+. The molecule has 15 heavy (non-hydrogen) atoms. The van der Waals surface area contributed by atoms with Crippen molar-refractivity contribution in [2.45, 2.75) is 20.0 Å². The Morgan fingerprint density at radius 3 is 2.87 bits per heavy atom. The molecule has 1 aromatic rings. The molecule has 2 heterocycles. The van der Waals surface area contributed by atoms with Crippen LogP contribution in [0.15, 0.2) is 42.6 Å². The second kappa shape index (κ2) is 3.85. The van der Waals surface area contributed by atoms with Crippen LogP contribution in [0, 0.1) is 0 Å². The lowest BCUT2D eigenvalue weighted by Crippen LogP contribution is -2.15. The Morgan fingerprint density at radius 1 is 1.53 bits per heavy atom. The Kier molecular flexibility index (Phi) is 2.54. The average molecular weight is 204 g/mol. The van der Waals surface area contributed by atoms with Gasteiger partial charge in [-0.3, -0.25) is 4.98 Å². The summed E-state index contributed by atoms with van der Waals surface area (Å²) < 4.78 is 13.1. The van der Waals surface area contributed by atoms with Crippen molar-refractivity contribution in [3.05, 3.63) is 53.8 Å². The van der Waals surface area contributed by atoms with Gasteiger partial charge in [0.25, 0.3) is 0 Å². The van der Waals surface area contributed by atoms with Gasteiger partial charge in [-0.1, -0.05) is 12.7 Å². The number of aromatic nitrogens is 1. The summed E-state index contributed by atoms with van der Waals surface area (Å²) in [6, 6.07) is 1.98. The molecular formula is C12H13FN2. The predicted molar refractivity (Wildman–Crippen MR) is 57.5 cm³/mol. The van der Waals surface area contributed by atoms with Gasteiger partial charge in [-0.25, -0.2) is 4.39 Å². The fourth-order valence-electron chi connectivity index (χ4n) is 1.90. The maximum absolute atomic E-state index is 13.1. The minimum absolute atomic E-state index is 0.377. The van der Waals surface area contributed by atoms with Crippen molar-refractivity contribution in [1.29, 1.82) is 0 Å². The van der Waals surface area contributed by atoms with Crippen LogP contribution >= 0.6 is 0 Å². The third kappa shape index (κ3) is 1.77. The summed E-state index contributed by atoms with van der Waals surface area (Å²) in [4.78, 5) is 6.03. The number of hydrogen-bond donors (Lipinski definition) is 0. The molecular weight excluding hydrogens is 191 g/mol. The highest BCUT2D eigenvalue weighted by Gasteiger charge is 2.21. The Morgan fingerprint density at radius 2 is 2.27 bits per heavy atom. The van der Waals surface area contributed by atoms with Gasteiger partial charge < -0.3 is 4.90 Å². The molecule has 1 aromatic heterocycles. The predicted octanol–water partition coefficient (Wildman–Crippen LogP) is 2.78. The maximum Gasteiger partial charge on any atom is 0.139 e. The zero-order chi connectivity index (χ0) is 10.8. The number of halogens is 1. The molecule has 0 N–H and O–H groups in total. The molecule has 1 aliphatic rings. The first-order valence-corrected chi connectivity index (χ1v) is 4.90. The van der Waals surface area contributed by atoms with E-state index in [4.69, 9.17) is 0 Å². The molecule has 0 aromatic carbocycles. The molecule has 1 aliphatic heterocycles. The first-order chi connectivity index (χ1) is 7.22. The van der Waals surface area contributed by atoms with Crippen molar-refractivity contribution in [2.24, 2.45) is 0 Å². The van der Waals surface area contributed by atoms with Gasteiger partial charge in [0.2, 0.25) is 0 Å². The minimum atomic E-state index is -0.377. The number of fused-ring (bicyclic) bond motifs is 1. The van der Waals surface area contributed by atoms with Crippen molar-refractivity contribution < 1.29 is 4.39 Å². The van der Waals surface area contributed by atoms with Crippen molar-refractivity contribution >= 4 is 0 Å². The van der Waals surface area contributed by atoms with Crippen LogP contribution in [0.5, 0.6) is 0 Å². The molecule has 0 unspecified atom stereocenters. The topological polar surface area (TPSA) is 16.1 Å². The molecule has 0 fully saturated rings. The summed E-state index contributed by atoms with van der Waals surface area (Å²) in [5, 5.41) is 0. The Hall–Kier alpha value is -1.64. The zero-order valence-corrected chi connectivity index (χ0v) is 8.70. The highest BCUT2D eigenvalue weighted by Crippen LogP contribution is 2.27. The molecule has 0 spiro atoms. The first kappa shape index (κ1) is 9.90. The second-order valence-corrected chi connectivity index (χ2v) is 3.58. The lowest BCUT2D eigenvalue weighted by Gasteiger charge is -2.19. The van der Waals surface area contributed by atoms with Gasteiger partial charge in [-0.15, -0.1) is 0 Å². The van der Waals surface area contributed by atoms with Crippen LogP contribution in [0.25, 0.3) is 0 Å². The van der Waals surface area contributed by atoms with E-state index >= 15 is 0 Å². The summed E-state index contributed by atoms with van der Waals surface area (Å²) in [6.07, 6.45) is 5.35. The SMILES string of the molecule is C=C(F)/C(=C\C)N1Cc2ccncc2C1. The number of hydrogen-bond acceptors (Lipinski definition) is 2. The Bertz CT molecular complexity index is 398. The molecule has 2 nitrogen and oxygen atoms in total. The highest BCUT2D eigenvalue weighted by molar-refractivity contribution is 5.32. The van der Waals surface area contributed by atoms with Crippen LogP contribution in [-0.2, 0) is 13.1 Å². The summed E-state index contributed by atoms with van der Waals surface area (Å²) in [5.41, 5.74) is 2.95. The van der Waals surface area contributed by atoms with Crippen LogP contribution < -0.4 is 0 Å². The van der Waals surface area contributed by atoms with Crippen LogP contribution in [0.1, 0.15) is 18.1 Å². The van der Waals surface area contributed by atoms with Gasteiger partial charge in [-0.2, -0.15) is 0 Å². The fraction of sp³-hybridized carbons (Fsp3) is 0.250. The molecule has 78 valence electrons. The number of rotatable bonds is 2.